The smallest absolute Gasteiger partial charge is 0.335 e. The first-order valence-corrected chi connectivity index (χ1v) is 12.4. The summed E-state index contributed by atoms with van der Waals surface area (Å²) in [6.45, 7) is 14.6. The van der Waals surface area contributed by atoms with Crippen molar-refractivity contribution in [2.45, 2.75) is 78.2 Å². The average molecular weight is 450 g/mol. The molecule has 4 heteroatoms. The van der Waals surface area contributed by atoms with Gasteiger partial charge in [0.05, 0.1) is 12.1 Å². The zero-order valence-electron chi connectivity index (χ0n) is 20.8. The molecule has 1 aromatic rings. The van der Waals surface area contributed by atoms with Crippen LogP contribution in [0.5, 0.6) is 11.5 Å². The first-order valence-electron chi connectivity index (χ1n) is 12.4. The first kappa shape index (κ1) is 25.1. The number of hydrogen-bond donors (Lipinski definition) is 0. The predicted molar refractivity (Wildman–Crippen MR) is 135 cm³/mol. The van der Waals surface area contributed by atoms with Crippen molar-refractivity contribution >= 4 is 11.5 Å². The third kappa shape index (κ3) is 6.09. The molecule has 178 valence electrons. The second-order valence-corrected chi connectivity index (χ2v) is 9.97. The summed E-state index contributed by atoms with van der Waals surface area (Å²) in [5.74, 6) is 4.33. The monoisotopic (exact) mass is 449 g/mol. The number of terminal acetylenes is 1. The Balaban J connectivity index is 1.95. The highest BCUT2D eigenvalue weighted by Crippen LogP contribution is 2.48. The average Bonchev–Trinajstić information content (AvgIpc) is 2.77. The lowest BCUT2D eigenvalue weighted by molar-refractivity contribution is -0.128. The van der Waals surface area contributed by atoms with E-state index in [2.05, 4.69) is 51.2 Å². The highest BCUT2D eigenvalue weighted by Gasteiger charge is 2.39. The fourth-order valence-corrected chi connectivity index (χ4v) is 5.01. The highest BCUT2D eigenvalue weighted by molar-refractivity contribution is 5.88. The number of hydrogen-bond acceptors (Lipinski definition) is 4. The van der Waals surface area contributed by atoms with Crippen molar-refractivity contribution in [2.24, 2.45) is 5.92 Å². The van der Waals surface area contributed by atoms with Crippen LogP contribution >= 0.6 is 0 Å². The Labute approximate surface area is 200 Å². The molecule has 0 saturated heterocycles. The third-order valence-corrected chi connectivity index (χ3v) is 6.86. The summed E-state index contributed by atoms with van der Waals surface area (Å²) in [4.78, 5) is 14.5. The standard InChI is InChI=1S/C29H39NO3/c1-7-10-11-12-21(4)13-14-22-18-25(32-27(31)9-3)28-23-20-30(16-8-2)17-15-24(23)29(5,6)33-26(28)19-22/h2,9,18-19,21H,3,7,10-17,20H2,1,4-6H3. The van der Waals surface area contributed by atoms with Crippen LogP contribution in [0.15, 0.2) is 30.4 Å². The molecule has 4 nitrogen and oxygen atoms in total. The van der Waals surface area contributed by atoms with Gasteiger partial charge in [0.2, 0.25) is 0 Å². The van der Waals surface area contributed by atoms with E-state index in [1.165, 1.54) is 42.9 Å². The van der Waals surface area contributed by atoms with Crippen LogP contribution in [-0.2, 0) is 11.2 Å². The van der Waals surface area contributed by atoms with Gasteiger partial charge in [0.1, 0.15) is 17.1 Å². The van der Waals surface area contributed by atoms with Gasteiger partial charge in [-0.05, 0) is 67.9 Å². The molecule has 33 heavy (non-hydrogen) atoms. The van der Waals surface area contributed by atoms with Crippen LogP contribution in [0.2, 0.25) is 0 Å². The van der Waals surface area contributed by atoms with Gasteiger partial charge in [0.15, 0.2) is 0 Å². The highest BCUT2D eigenvalue weighted by atomic mass is 16.5. The molecule has 2 aliphatic rings. The van der Waals surface area contributed by atoms with E-state index in [4.69, 9.17) is 15.9 Å². The largest absolute Gasteiger partial charge is 0.483 e. The molecular weight excluding hydrogens is 410 g/mol. The lowest BCUT2D eigenvalue weighted by Gasteiger charge is -2.42. The second-order valence-electron chi connectivity index (χ2n) is 9.97. The lowest BCUT2D eigenvalue weighted by atomic mass is 9.81. The Bertz CT molecular complexity index is 950. The zero-order chi connectivity index (χ0) is 24.0. The zero-order valence-corrected chi connectivity index (χ0v) is 20.8. The van der Waals surface area contributed by atoms with Gasteiger partial charge >= 0.3 is 5.97 Å². The van der Waals surface area contributed by atoms with E-state index in [-0.39, 0.29) is 0 Å². The summed E-state index contributed by atoms with van der Waals surface area (Å²) in [5.41, 5.74) is 4.06. The van der Waals surface area contributed by atoms with Crippen LogP contribution in [0.1, 0.15) is 77.3 Å². The summed E-state index contributed by atoms with van der Waals surface area (Å²) in [5, 5.41) is 0. The minimum atomic E-state index is -0.453. The number of fused-ring (bicyclic) bond motifs is 2. The molecule has 0 fully saturated rings. The molecule has 1 unspecified atom stereocenters. The van der Waals surface area contributed by atoms with Crippen LogP contribution in [0.4, 0.5) is 0 Å². The number of aryl methyl sites for hydroxylation is 1. The summed E-state index contributed by atoms with van der Waals surface area (Å²) in [6, 6.07) is 4.16. The molecule has 0 saturated carbocycles. The molecule has 1 aromatic carbocycles. The molecule has 3 rings (SSSR count). The Morgan fingerprint density at radius 2 is 2.15 bits per heavy atom. The molecule has 0 aliphatic carbocycles. The molecule has 1 atom stereocenters. The summed E-state index contributed by atoms with van der Waals surface area (Å²) in [7, 11) is 0. The third-order valence-electron chi connectivity index (χ3n) is 6.86. The van der Waals surface area contributed by atoms with Crippen LogP contribution in [-0.4, -0.2) is 36.1 Å². The lowest BCUT2D eigenvalue weighted by Crippen LogP contribution is -2.42. The molecule has 0 bridgehead atoms. The predicted octanol–water partition coefficient (Wildman–Crippen LogP) is 6.19. The van der Waals surface area contributed by atoms with Gasteiger partial charge < -0.3 is 9.47 Å². The van der Waals surface area contributed by atoms with Crippen molar-refractivity contribution in [3.05, 3.63) is 41.5 Å². The number of esters is 1. The SMILES string of the molecule is C#CCN1CCC2=C(C1)c1c(OC(=O)C=C)cc(CCC(C)CCCCC)cc1OC2(C)C. The fraction of sp³-hybridized carbons (Fsp3) is 0.552. The number of carbonyl (C=O) groups excluding carboxylic acids is 1. The van der Waals surface area contributed by atoms with Gasteiger partial charge in [-0.1, -0.05) is 52.0 Å². The molecule has 0 spiro atoms. The number of nitrogens with zero attached hydrogens (tertiary/aromatic N) is 1. The first-order chi connectivity index (χ1) is 15.8. The van der Waals surface area contributed by atoms with Gasteiger partial charge in [-0.3, -0.25) is 4.90 Å². The molecule has 0 radical (unpaired) electrons. The second kappa shape index (κ2) is 11.1. The number of ether oxygens (including phenoxy) is 2. The van der Waals surface area contributed by atoms with Gasteiger partial charge in [0.25, 0.3) is 0 Å². The van der Waals surface area contributed by atoms with Crippen LogP contribution < -0.4 is 9.47 Å². The van der Waals surface area contributed by atoms with E-state index in [1.54, 1.807) is 0 Å². The summed E-state index contributed by atoms with van der Waals surface area (Å²) in [6.07, 6.45) is 14.8. The molecular formula is C29H39NO3. The molecule has 0 aromatic heterocycles. The maximum atomic E-state index is 12.2. The van der Waals surface area contributed by atoms with Crippen LogP contribution in [0, 0.1) is 18.3 Å². The maximum absolute atomic E-state index is 12.2. The Hall–Kier alpha value is -2.51. The van der Waals surface area contributed by atoms with Crippen molar-refractivity contribution in [3.8, 4) is 23.8 Å². The van der Waals surface area contributed by atoms with Gasteiger partial charge in [0, 0.05) is 19.2 Å². The summed E-state index contributed by atoms with van der Waals surface area (Å²) < 4.78 is 12.3. The minimum Gasteiger partial charge on any atom is -0.483 e. The van der Waals surface area contributed by atoms with Crippen molar-refractivity contribution < 1.29 is 14.3 Å². The quantitative estimate of drug-likeness (QED) is 0.140. The minimum absolute atomic E-state index is 0.406. The Kier molecular flexibility index (Phi) is 8.43. The number of unbranched alkanes of at least 4 members (excludes halogenated alkanes) is 2. The van der Waals surface area contributed by atoms with Crippen molar-refractivity contribution in [2.75, 3.05) is 19.6 Å². The maximum Gasteiger partial charge on any atom is 0.335 e. The molecule has 0 N–H and O–H groups in total. The Morgan fingerprint density at radius 1 is 1.36 bits per heavy atom. The molecule has 2 heterocycles. The van der Waals surface area contributed by atoms with E-state index in [0.29, 0.717) is 18.2 Å². The topological polar surface area (TPSA) is 38.8 Å². The van der Waals surface area contributed by atoms with E-state index >= 15 is 0 Å². The van der Waals surface area contributed by atoms with E-state index in [9.17, 15) is 4.79 Å². The number of benzene rings is 1. The molecule has 0 amide bonds. The molecule has 2 aliphatic heterocycles. The number of rotatable bonds is 10. The van der Waals surface area contributed by atoms with Crippen LogP contribution in [0.3, 0.4) is 0 Å². The van der Waals surface area contributed by atoms with E-state index in [1.807, 2.05) is 6.07 Å². The van der Waals surface area contributed by atoms with E-state index < -0.39 is 11.6 Å². The van der Waals surface area contributed by atoms with E-state index in [0.717, 1.165) is 49.2 Å². The van der Waals surface area contributed by atoms with Gasteiger partial charge in [-0.15, -0.1) is 6.42 Å². The fourth-order valence-electron chi connectivity index (χ4n) is 5.01. The normalized spacial score (nSPS) is 17.9. The van der Waals surface area contributed by atoms with Crippen LogP contribution in [0.25, 0.3) is 5.57 Å². The Morgan fingerprint density at radius 3 is 2.85 bits per heavy atom. The van der Waals surface area contributed by atoms with Crippen molar-refractivity contribution in [3.63, 3.8) is 0 Å². The van der Waals surface area contributed by atoms with Crippen molar-refractivity contribution in [1.82, 2.24) is 4.90 Å². The number of carbonyl (C=O) groups is 1. The van der Waals surface area contributed by atoms with Gasteiger partial charge in [-0.25, -0.2) is 4.79 Å². The summed E-state index contributed by atoms with van der Waals surface area (Å²) >= 11 is 0. The van der Waals surface area contributed by atoms with Crippen molar-refractivity contribution in [1.29, 1.82) is 0 Å². The van der Waals surface area contributed by atoms with Gasteiger partial charge in [-0.2, -0.15) is 0 Å².